The van der Waals surface area contributed by atoms with Gasteiger partial charge in [-0.1, -0.05) is 12.1 Å². The van der Waals surface area contributed by atoms with Crippen LogP contribution in [0.2, 0.25) is 0 Å². The molecule has 1 heterocycles. The van der Waals surface area contributed by atoms with Gasteiger partial charge >= 0.3 is 0 Å². The average Bonchev–Trinajstić information content (AvgIpc) is 2.88. The van der Waals surface area contributed by atoms with Crippen LogP contribution in [0.25, 0.3) is 0 Å². The van der Waals surface area contributed by atoms with Crippen LogP contribution in [0.1, 0.15) is 12.0 Å². The minimum atomic E-state index is 0.570. The van der Waals surface area contributed by atoms with E-state index in [1.54, 1.807) is 6.20 Å². The second-order valence-corrected chi connectivity index (χ2v) is 3.85. The molecule has 90 valence electrons. The Balaban J connectivity index is 1.70. The molecular weight excluding hydrogens is 214 g/mol. The van der Waals surface area contributed by atoms with E-state index in [9.17, 15) is 0 Å². The van der Waals surface area contributed by atoms with Gasteiger partial charge in [0.25, 0.3) is 0 Å². The van der Waals surface area contributed by atoms with Crippen molar-refractivity contribution < 1.29 is 4.74 Å². The molecule has 1 aromatic carbocycles. The topological polar surface area (TPSA) is 53.1 Å². The first kappa shape index (κ1) is 11.7. The summed E-state index contributed by atoms with van der Waals surface area (Å²) in [6, 6.07) is 7.90. The Bertz CT molecular complexity index is 422. The molecule has 0 saturated carbocycles. The number of nitrogens with two attached hydrogens (primary N) is 1. The summed E-state index contributed by atoms with van der Waals surface area (Å²) in [6.07, 6.45) is 6.52. The summed E-state index contributed by atoms with van der Waals surface area (Å²) in [5.74, 6) is 0.896. The van der Waals surface area contributed by atoms with Crippen molar-refractivity contribution in [3.63, 3.8) is 0 Å². The Hall–Kier alpha value is -1.81. The van der Waals surface area contributed by atoms with Crippen molar-refractivity contribution in [1.29, 1.82) is 0 Å². The van der Waals surface area contributed by atoms with Gasteiger partial charge in [-0.2, -0.15) is 0 Å². The summed E-state index contributed by atoms with van der Waals surface area (Å²) in [5.41, 5.74) is 6.65. The average molecular weight is 231 g/mol. The van der Waals surface area contributed by atoms with Gasteiger partial charge in [0.05, 0.1) is 12.9 Å². The van der Waals surface area contributed by atoms with Crippen LogP contribution in [0.5, 0.6) is 5.75 Å². The molecule has 0 spiro atoms. The van der Waals surface area contributed by atoms with Crippen LogP contribution in [0.3, 0.4) is 0 Å². The second-order valence-electron chi connectivity index (χ2n) is 3.85. The molecule has 0 amide bonds. The van der Waals surface area contributed by atoms with Crippen LogP contribution in [0.15, 0.2) is 43.0 Å². The van der Waals surface area contributed by atoms with E-state index in [1.165, 1.54) is 0 Å². The van der Waals surface area contributed by atoms with Gasteiger partial charge in [0.2, 0.25) is 0 Å². The highest BCUT2D eigenvalue weighted by Gasteiger charge is 1.95. The predicted molar refractivity (Wildman–Crippen MR) is 66.7 cm³/mol. The SMILES string of the molecule is NCc1ccc(OCCCn2ccnc2)cc1. The zero-order valence-corrected chi connectivity index (χ0v) is 9.75. The monoisotopic (exact) mass is 231 g/mol. The highest BCUT2D eigenvalue weighted by Crippen LogP contribution is 2.12. The van der Waals surface area contributed by atoms with E-state index in [4.69, 9.17) is 10.5 Å². The third-order valence-corrected chi connectivity index (χ3v) is 2.55. The molecule has 0 fully saturated rings. The van der Waals surface area contributed by atoms with Crippen molar-refractivity contribution in [2.75, 3.05) is 6.61 Å². The quantitative estimate of drug-likeness (QED) is 0.771. The van der Waals surface area contributed by atoms with E-state index in [0.29, 0.717) is 13.2 Å². The maximum absolute atomic E-state index is 5.63. The Labute approximate surface area is 101 Å². The molecule has 0 unspecified atom stereocenters. The first-order chi connectivity index (χ1) is 8.38. The van der Waals surface area contributed by atoms with Gasteiger partial charge in [0.1, 0.15) is 5.75 Å². The fourth-order valence-corrected chi connectivity index (χ4v) is 1.58. The van der Waals surface area contributed by atoms with Gasteiger partial charge < -0.3 is 15.0 Å². The van der Waals surface area contributed by atoms with Crippen molar-refractivity contribution in [2.45, 2.75) is 19.5 Å². The van der Waals surface area contributed by atoms with Crippen molar-refractivity contribution in [3.8, 4) is 5.75 Å². The number of ether oxygens (including phenoxy) is 1. The van der Waals surface area contributed by atoms with E-state index >= 15 is 0 Å². The van der Waals surface area contributed by atoms with Crippen LogP contribution in [0.4, 0.5) is 0 Å². The van der Waals surface area contributed by atoms with Crippen molar-refractivity contribution >= 4 is 0 Å². The lowest BCUT2D eigenvalue weighted by Crippen LogP contribution is -2.03. The molecule has 0 bridgehead atoms. The Morgan fingerprint density at radius 1 is 1.24 bits per heavy atom. The minimum absolute atomic E-state index is 0.570. The van der Waals surface area contributed by atoms with Crippen molar-refractivity contribution in [3.05, 3.63) is 48.5 Å². The second kappa shape index (κ2) is 6.06. The Morgan fingerprint density at radius 2 is 2.06 bits per heavy atom. The summed E-state index contributed by atoms with van der Waals surface area (Å²) in [4.78, 5) is 3.99. The molecule has 4 nitrogen and oxygen atoms in total. The van der Waals surface area contributed by atoms with Crippen molar-refractivity contribution in [1.82, 2.24) is 9.55 Å². The van der Waals surface area contributed by atoms with Gasteiger partial charge in [-0.3, -0.25) is 0 Å². The number of hydrogen-bond acceptors (Lipinski definition) is 3. The lowest BCUT2D eigenvalue weighted by Gasteiger charge is -2.07. The molecule has 17 heavy (non-hydrogen) atoms. The highest BCUT2D eigenvalue weighted by atomic mass is 16.5. The molecule has 0 radical (unpaired) electrons. The van der Waals surface area contributed by atoms with Crippen molar-refractivity contribution in [2.24, 2.45) is 5.73 Å². The lowest BCUT2D eigenvalue weighted by molar-refractivity contribution is 0.301. The summed E-state index contributed by atoms with van der Waals surface area (Å²) in [5, 5.41) is 0. The van der Waals surface area contributed by atoms with E-state index in [-0.39, 0.29) is 0 Å². The summed E-state index contributed by atoms with van der Waals surface area (Å²) < 4.78 is 7.67. The zero-order valence-electron chi connectivity index (χ0n) is 9.75. The summed E-state index contributed by atoms with van der Waals surface area (Å²) in [6.45, 7) is 2.21. The number of hydrogen-bond donors (Lipinski definition) is 1. The molecule has 0 aliphatic carbocycles. The maximum atomic E-state index is 5.63. The van der Waals surface area contributed by atoms with Gasteiger partial charge in [-0.15, -0.1) is 0 Å². The van der Waals surface area contributed by atoms with Gasteiger partial charge in [0.15, 0.2) is 0 Å². The molecule has 0 saturated heterocycles. The van der Waals surface area contributed by atoms with E-state index in [2.05, 4.69) is 4.98 Å². The van der Waals surface area contributed by atoms with Gasteiger partial charge in [-0.25, -0.2) is 4.98 Å². The molecule has 0 atom stereocenters. The minimum Gasteiger partial charge on any atom is -0.494 e. The molecule has 4 heteroatoms. The van der Waals surface area contributed by atoms with Gasteiger partial charge in [-0.05, 0) is 24.1 Å². The van der Waals surface area contributed by atoms with Crippen LogP contribution in [0, 0.1) is 0 Å². The largest absolute Gasteiger partial charge is 0.494 e. The molecular formula is C13H17N3O. The number of benzene rings is 1. The molecule has 0 aliphatic rings. The van der Waals surface area contributed by atoms with Crippen LogP contribution < -0.4 is 10.5 Å². The third kappa shape index (κ3) is 3.60. The standard InChI is InChI=1S/C13H17N3O/c14-10-12-2-4-13(5-3-12)17-9-1-7-16-8-6-15-11-16/h2-6,8,11H,1,7,9-10,14H2. The van der Waals surface area contributed by atoms with E-state index < -0.39 is 0 Å². The molecule has 2 aromatic rings. The van der Waals surface area contributed by atoms with Crippen LogP contribution in [-0.2, 0) is 13.1 Å². The van der Waals surface area contributed by atoms with E-state index in [0.717, 1.165) is 24.3 Å². The molecule has 0 aliphatic heterocycles. The van der Waals surface area contributed by atoms with Crippen LogP contribution in [-0.4, -0.2) is 16.2 Å². The van der Waals surface area contributed by atoms with E-state index in [1.807, 2.05) is 41.4 Å². The maximum Gasteiger partial charge on any atom is 0.119 e. The summed E-state index contributed by atoms with van der Waals surface area (Å²) >= 11 is 0. The Kier molecular flexibility index (Phi) is 4.16. The number of aromatic nitrogens is 2. The molecule has 1 aromatic heterocycles. The molecule has 2 rings (SSSR count). The smallest absolute Gasteiger partial charge is 0.119 e. The van der Waals surface area contributed by atoms with Gasteiger partial charge in [0, 0.05) is 25.5 Å². The third-order valence-electron chi connectivity index (χ3n) is 2.55. The highest BCUT2D eigenvalue weighted by molar-refractivity contribution is 5.26. The fourth-order valence-electron chi connectivity index (χ4n) is 1.58. The first-order valence-corrected chi connectivity index (χ1v) is 5.76. The number of nitrogens with zero attached hydrogens (tertiary/aromatic N) is 2. The predicted octanol–water partition coefficient (Wildman–Crippen LogP) is 1.81. The number of imidazole rings is 1. The fraction of sp³-hybridized carbons (Fsp3) is 0.308. The first-order valence-electron chi connectivity index (χ1n) is 5.76. The molecule has 2 N–H and O–H groups in total. The number of aryl methyl sites for hydroxylation is 1. The van der Waals surface area contributed by atoms with Crippen LogP contribution >= 0.6 is 0 Å². The lowest BCUT2D eigenvalue weighted by atomic mass is 10.2. The normalized spacial score (nSPS) is 10.4. The summed E-state index contributed by atoms with van der Waals surface area (Å²) in [7, 11) is 0. The Morgan fingerprint density at radius 3 is 2.71 bits per heavy atom. The zero-order chi connectivity index (χ0) is 11.9. The number of rotatable bonds is 6.